The van der Waals surface area contributed by atoms with Gasteiger partial charge in [-0.1, -0.05) is 37.3 Å². The van der Waals surface area contributed by atoms with Gasteiger partial charge >= 0.3 is 6.61 Å². The molecule has 0 aliphatic carbocycles. The molecular weight excluding hydrogens is 328 g/mol. The van der Waals surface area contributed by atoms with Crippen molar-refractivity contribution in [1.82, 2.24) is 5.32 Å². The van der Waals surface area contributed by atoms with Crippen molar-refractivity contribution >= 4 is 5.91 Å². The molecule has 0 fully saturated rings. The molecule has 1 atom stereocenters. The molecule has 0 saturated heterocycles. The van der Waals surface area contributed by atoms with Crippen molar-refractivity contribution in [1.29, 1.82) is 0 Å². The van der Waals surface area contributed by atoms with Crippen LogP contribution in [0.15, 0.2) is 48.5 Å². The minimum atomic E-state index is -2.92. The first-order valence-corrected chi connectivity index (χ1v) is 7.97. The quantitative estimate of drug-likeness (QED) is 0.772. The fourth-order valence-corrected chi connectivity index (χ4v) is 2.58. The molecule has 0 aromatic heterocycles. The van der Waals surface area contributed by atoms with Gasteiger partial charge in [0.15, 0.2) is 0 Å². The number of methoxy groups -OCH3 is 1. The lowest BCUT2D eigenvalue weighted by Crippen LogP contribution is -2.28. The lowest BCUT2D eigenvalue weighted by Gasteiger charge is -2.20. The Balaban J connectivity index is 2.19. The van der Waals surface area contributed by atoms with Gasteiger partial charge < -0.3 is 14.8 Å². The zero-order valence-corrected chi connectivity index (χ0v) is 14.2. The highest BCUT2D eigenvalue weighted by atomic mass is 19.3. The zero-order chi connectivity index (χ0) is 18.2. The van der Waals surface area contributed by atoms with E-state index in [0.29, 0.717) is 24.2 Å². The van der Waals surface area contributed by atoms with Crippen LogP contribution in [0.3, 0.4) is 0 Å². The summed E-state index contributed by atoms with van der Waals surface area (Å²) in [7, 11) is 1.58. The number of benzene rings is 2. The van der Waals surface area contributed by atoms with E-state index < -0.39 is 12.7 Å². The molecule has 0 heterocycles. The minimum absolute atomic E-state index is 0.0674. The highest BCUT2D eigenvalue weighted by molar-refractivity contribution is 5.94. The first-order valence-electron chi connectivity index (χ1n) is 7.97. The number of hydrogen-bond donors (Lipinski definition) is 1. The summed E-state index contributed by atoms with van der Waals surface area (Å²) in [6, 6.07) is 13.1. The van der Waals surface area contributed by atoms with E-state index in [-0.39, 0.29) is 11.7 Å². The van der Waals surface area contributed by atoms with Crippen LogP contribution >= 0.6 is 0 Å². The number of ether oxygens (including phenoxy) is 2. The van der Waals surface area contributed by atoms with Gasteiger partial charge in [0, 0.05) is 18.2 Å². The third kappa shape index (κ3) is 5.26. The van der Waals surface area contributed by atoms with Crippen LogP contribution in [-0.2, 0) is 11.3 Å². The van der Waals surface area contributed by atoms with E-state index >= 15 is 0 Å². The van der Waals surface area contributed by atoms with Crippen molar-refractivity contribution in [2.24, 2.45) is 0 Å². The highest BCUT2D eigenvalue weighted by Crippen LogP contribution is 2.28. The lowest BCUT2D eigenvalue weighted by atomic mass is 10.0. The van der Waals surface area contributed by atoms with Gasteiger partial charge in [0.25, 0.3) is 5.91 Å². The molecule has 25 heavy (non-hydrogen) atoms. The van der Waals surface area contributed by atoms with Crippen LogP contribution in [0.1, 0.15) is 40.9 Å². The molecule has 4 nitrogen and oxygen atoms in total. The summed E-state index contributed by atoms with van der Waals surface area (Å²) in [5.41, 5.74) is 1.89. The van der Waals surface area contributed by atoms with Gasteiger partial charge in [0.2, 0.25) is 0 Å². The summed E-state index contributed by atoms with van der Waals surface area (Å²) >= 11 is 0. The SMILES string of the molecule is CCC(NC(=O)c1cccc(COC)c1)c1ccccc1OC(F)F. The molecule has 134 valence electrons. The number of nitrogens with one attached hydrogen (secondary N) is 1. The minimum Gasteiger partial charge on any atom is -0.434 e. The maximum atomic E-state index is 12.6. The summed E-state index contributed by atoms with van der Waals surface area (Å²) in [5, 5.41) is 2.88. The van der Waals surface area contributed by atoms with Gasteiger partial charge in [0.1, 0.15) is 5.75 Å². The summed E-state index contributed by atoms with van der Waals surface area (Å²) in [4.78, 5) is 12.5. The topological polar surface area (TPSA) is 47.6 Å². The summed E-state index contributed by atoms with van der Waals surface area (Å²) < 4.78 is 34.8. The molecule has 2 rings (SSSR count). The molecule has 0 bridgehead atoms. The highest BCUT2D eigenvalue weighted by Gasteiger charge is 2.19. The van der Waals surface area contributed by atoms with E-state index in [4.69, 9.17) is 4.74 Å². The zero-order valence-electron chi connectivity index (χ0n) is 14.2. The number of carbonyl (C=O) groups excluding carboxylic acids is 1. The van der Waals surface area contributed by atoms with Gasteiger partial charge in [-0.05, 0) is 30.2 Å². The fourth-order valence-electron chi connectivity index (χ4n) is 2.58. The van der Waals surface area contributed by atoms with Gasteiger partial charge in [-0.3, -0.25) is 4.79 Å². The Morgan fingerprint density at radius 1 is 1.16 bits per heavy atom. The van der Waals surface area contributed by atoms with Crippen molar-refractivity contribution in [3.63, 3.8) is 0 Å². The Kier molecular flexibility index (Phi) is 6.89. The van der Waals surface area contributed by atoms with E-state index in [2.05, 4.69) is 10.1 Å². The summed E-state index contributed by atoms with van der Waals surface area (Å²) in [5.74, 6) is -0.213. The van der Waals surface area contributed by atoms with E-state index in [1.54, 1.807) is 43.5 Å². The van der Waals surface area contributed by atoms with Crippen LogP contribution in [0.25, 0.3) is 0 Å². The van der Waals surface area contributed by atoms with Crippen LogP contribution in [0, 0.1) is 0 Å². The standard InChI is InChI=1S/C19H21F2NO3/c1-3-16(15-9-4-5-10-17(15)25-19(20)21)22-18(23)14-8-6-7-13(11-14)12-24-2/h4-11,16,19H,3,12H2,1-2H3,(H,22,23). The number of amides is 1. The monoisotopic (exact) mass is 349 g/mol. The van der Waals surface area contributed by atoms with Gasteiger partial charge in [-0.15, -0.1) is 0 Å². The average molecular weight is 349 g/mol. The molecule has 2 aromatic rings. The Labute approximate surface area is 145 Å². The second-order valence-electron chi connectivity index (χ2n) is 5.48. The number of alkyl halides is 2. The van der Waals surface area contributed by atoms with Crippen molar-refractivity contribution < 1.29 is 23.0 Å². The number of halogens is 2. The molecule has 1 N–H and O–H groups in total. The Bertz CT molecular complexity index is 707. The Hall–Kier alpha value is -2.47. The maximum absolute atomic E-state index is 12.6. The average Bonchev–Trinajstić information content (AvgIpc) is 2.60. The second-order valence-corrected chi connectivity index (χ2v) is 5.48. The molecule has 0 aliphatic rings. The summed E-state index contributed by atoms with van der Waals surface area (Å²) in [6.45, 7) is -0.644. The molecule has 1 unspecified atom stereocenters. The van der Waals surface area contributed by atoms with Gasteiger partial charge in [-0.2, -0.15) is 8.78 Å². The van der Waals surface area contributed by atoms with E-state index in [0.717, 1.165) is 5.56 Å². The van der Waals surface area contributed by atoms with Gasteiger partial charge in [0.05, 0.1) is 12.6 Å². The Morgan fingerprint density at radius 2 is 1.92 bits per heavy atom. The molecule has 0 radical (unpaired) electrons. The molecule has 6 heteroatoms. The third-order valence-corrected chi connectivity index (χ3v) is 3.72. The molecule has 0 saturated carbocycles. The van der Waals surface area contributed by atoms with Crippen molar-refractivity contribution in [2.45, 2.75) is 32.6 Å². The predicted octanol–water partition coefficient (Wildman–Crippen LogP) is 4.32. The van der Waals surface area contributed by atoms with E-state index in [1.165, 1.54) is 6.07 Å². The fraction of sp³-hybridized carbons (Fsp3) is 0.316. The van der Waals surface area contributed by atoms with Crippen molar-refractivity contribution in [3.05, 3.63) is 65.2 Å². The first kappa shape index (κ1) is 18.9. The number of para-hydroxylation sites is 1. The van der Waals surface area contributed by atoms with Crippen LogP contribution in [0.5, 0.6) is 5.75 Å². The smallest absolute Gasteiger partial charge is 0.387 e. The summed E-state index contributed by atoms with van der Waals surface area (Å²) in [6.07, 6.45) is 0.535. The van der Waals surface area contributed by atoms with Crippen LogP contribution in [0.4, 0.5) is 8.78 Å². The van der Waals surface area contributed by atoms with E-state index in [9.17, 15) is 13.6 Å². The van der Waals surface area contributed by atoms with Gasteiger partial charge in [-0.25, -0.2) is 0 Å². The Morgan fingerprint density at radius 3 is 2.60 bits per heavy atom. The van der Waals surface area contributed by atoms with Crippen molar-refractivity contribution in [2.75, 3.05) is 7.11 Å². The number of carbonyl (C=O) groups is 1. The molecule has 0 spiro atoms. The third-order valence-electron chi connectivity index (χ3n) is 3.72. The van der Waals surface area contributed by atoms with Crippen LogP contribution in [-0.4, -0.2) is 19.6 Å². The maximum Gasteiger partial charge on any atom is 0.387 e. The first-order chi connectivity index (χ1) is 12.0. The second kappa shape index (κ2) is 9.13. The lowest BCUT2D eigenvalue weighted by molar-refractivity contribution is -0.0506. The molecule has 1 amide bonds. The van der Waals surface area contributed by atoms with Crippen LogP contribution in [0.2, 0.25) is 0 Å². The number of hydrogen-bond acceptors (Lipinski definition) is 3. The normalized spacial score (nSPS) is 12.0. The van der Waals surface area contributed by atoms with E-state index in [1.807, 2.05) is 13.0 Å². The van der Waals surface area contributed by atoms with Crippen molar-refractivity contribution in [3.8, 4) is 5.75 Å². The molecule has 2 aromatic carbocycles. The molecular formula is C19H21F2NO3. The predicted molar refractivity (Wildman–Crippen MR) is 90.7 cm³/mol. The largest absolute Gasteiger partial charge is 0.434 e. The van der Waals surface area contributed by atoms with Crippen LogP contribution < -0.4 is 10.1 Å². The number of rotatable bonds is 8. The molecule has 0 aliphatic heterocycles.